The Bertz CT molecular complexity index is 633. The molecule has 0 aliphatic rings. The van der Waals surface area contributed by atoms with Crippen molar-refractivity contribution in [2.45, 2.75) is 13.5 Å². The van der Waals surface area contributed by atoms with Crippen LogP contribution in [0.4, 0.5) is 0 Å². The van der Waals surface area contributed by atoms with E-state index in [0.29, 0.717) is 17.7 Å². The van der Waals surface area contributed by atoms with Crippen molar-refractivity contribution in [3.05, 3.63) is 70.8 Å². The maximum Gasteiger partial charge on any atom is 0.251 e. The van der Waals surface area contributed by atoms with E-state index in [1.165, 1.54) is 0 Å². The van der Waals surface area contributed by atoms with Gasteiger partial charge in [0.05, 0.1) is 0 Å². The molecule has 2 aromatic rings. The number of nitrogens with two attached hydrogens (primary N) is 1. The maximum atomic E-state index is 12.0. The summed E-state index contributed by atoms with van der Waals surface area (Å²) >= 11 is 0. The topological polar surface area (TPSA) is 72.2 Å². The third kappa shape index (κ3) is 3.45. The lowest BCUT2D eigenvalue weighted by atomic mass is 10.1. The monoisotopic (exact) mass is 268 g/mol. The van der Waals surface area contributed by atoms with Crippen molar-refractivity contribution in [1.82, 2.24) is 5.32 Å². The Balaban J connectivity index is 1.98. The van der Waals surface area contributed by atoms with E-state index >= 15 is 0 Å². The van der Waals surface area contributed by atoms with Crippen molar-refractivity contribution >= 4 is 11.8 Å². The number of aryl methyl sites for hydroxylation is 1. The van der Waals surface area contributed by atoms with Gasteiger partial charge in [-0.15, -0.1) is 0 Å². The molecule has 20 heavy (non-hydrogen) atoms. The second-order valence-electron chi connectivity index (χ2n) is 4.61. The van der Waals surface area contributed by atoms with Gasteiger partial charge in [0.2, 0.25) is 5.91 Å². The van der Waals surface area contributed by atoms with E-state index in [-0.39, 0.29) is 5.91 Å². The number of hydrogen-bond acceptors (Lipinski definition) is 2. The molecule has 0 heterocycles. The molecule has 3 N–H and O–H groups in total. The molecule has 0 saturated heterocycles. The summed E-state index contributed by atoms with van der Waals surface area (Å²) in [6.07, 6.45) is 0. The standard InChI is InChI=1S/C16H16N2O2/c1-11-3-2-4-14(9-11)16(20)18-10-12-5-7-13(8-6-12)15(17)19/h2-9H,10H2,1H3,(H2,17,19)(H,18,20). The molecule has 0 aromatic heterocycles. The summed E-state index contributed by atoms with van der Waals surface area (Å²) in [5.41, 5.74) is 8.22. The lowest BCUT2D eigenvalue weighted by Gasteiger charge is -2.06. The minimum atomic E-state index is -0.458. The normalized spacial score (nSPS) is 10.1. The Morgan fingerprint density at radius 2 is 1.75 bits per heavy atom. The van der Waals surface area contributed by atoms with Gasteiger partial charge in [-0.25, -0.2) is 0 Å². The van der Waals surface area contributed by atoms with E-state index in [9.17, 15) is 9.59 Å². The van der Waals surface area contributed by atoms with Gasteiger partial charge in [-0.1, -0.05) is 29.8 Å². The molecule has 2 aromatic carbocycles. The number of primary amides is 1. The van der Waals surface area contributed by atoms with E-state index < -0.39 is 5.91 Å². The van der Waals surface area contributed by atoms with E-state index in [1.54, 1.807) is 30.3 Å². The SMILES string of the molecule is Cc1cccc(C(=O)NCc2ccc(C(N)=O)cc2)c1. The summed E-state index contributed by atoms with van der Waals surface area (Å²) in [6.45, 7) is 2.35. The molecule has 2 rings (SSSR count). The van der Waals surface area contributed by atoms with Gasteiger partial charge in [0, 0.05) is 17.7 Å². The van der Waals surface area contributed by atoms with Crippen molar-refractivity contribution in [2.75, 3.05) is 0 Å². The zero-order valence-electron chi connectivity index (χ0n) is 11.2. The van der Waals surface area contributed by atoms with Gasteiger partial charge in [0.1, 0.15) is 0 Å². The molecule has 4 heteroatoms. The van der Waals surface area contributed by atoms with E-state index in [4.69, 9.17) is 5.73 Å². The summed E-state index contributed by atoms with van der Waals surface area (Å²) in [4.78, 5) is 22.9. The molecular formula is C16H16N2O2. The zero-order chi connectivity index (χ0) is 14.5. The van der Waals surface area contributed by atoms with Crippen LogP contribution in [0.2, 0.25) is 0 Å². The van der Waals surface area contributed by atoms with Gasteiger partial charge in [-0.3, -0.25) is 9.59 Å². The number of hydrogen-bond donors (Lipinski definition) is 2. The average Bonchev–Trinajstić information content (AvgIpc) is 2.45. The highest BCUT2D eigenvalue weighted by Gasteiger charge is 2.05. The molecular weight excluding hydrogens is 252 g/mol. The van der Waals surface area contributed by atoms with E-state index in [2.05, 4.69) is 5.32 Å². The highest BCUT2D eigenvalue weighted by atomic mass is 16.2. The lowest BCUT2D eigenvalue weighted by Crippen LogP contribution is -2.22. The molecule has 0 spiro atoms. The highest BCUT2D eigenvalue weighted by Crippen LogP contribution is 2.06. The smallest absolute Gasteiger partial charge is 0.251 e. The molecule has 0 fully saturated rings. The van der Waals surface area contributed by atoms with E-state index in [0.717, 1.165) is 11.1 Å². The van der Waals surface area contributed by atoms with Crippen LogP contribution >= 0.6 is 0 Å². The lowest BCUT2D eigenvalue weighted by molar-refractivity contribution is 0.0949. The van der Waals surface area contributed by atoms with Crippen molar-refractivity contribution in [3.63, 3.8) is 0 Å². The predicted molar refractivity (Wildman–Crippen MR) is 77.3 cm³/mol. The Kier molecular flexibility index (Phi) is 4.15. The molecule has 0 aliphatic carbocycles. The van der Waals surface area contributed by atoms with Gasteiger partial charge in [-0.2, -0.15) is 0 Å². The zero-order valence-corrected chi connectivity index (χ0v) is 11.2. The summed E-state index contributed by atoms with van der Waals surface area (Å²) < 4.78 is 0. The average molecular weight is 268 g/mol. The second-order valence-corrected chi connectivity index (χ2v) is 4.61. The molecule has 102 valence electrons. The van der Waals surface area contributed by atoms with Crippen LogP contribution in [-0.4, -0.2) is 11.8 Å². The molecule has 0 aliphatic heterocycles. The van der Waals surface area contributed by atoms with Crippen LogP contribution in [0.3, 0.4) is 0 Å². The van der Waals surface area contributed by atoms with Crippen LogP contribution < -0.4 is 11.1 Å². The van der Waals surface area contributed by atoms with Crippen molar-refractivity contribution in [2.24, 2.45) is 5.73 Å². The highest BCUT2D eigenvalue weighted by molar-refractivity contribution is 5.94. The molecule has 0 atom stereocenters. The van der Waals surface area contributed by atoms with Crippen LogP contribution in [0.5, 0.6) is 0 Å². The van der Waals surface area contributed by atoms with Gasteiger partial charge in [0.25, 0.3) is 5.91 Å². The fourth-order valence-corrected chi connectivity index (χ4v) is 1.86. The first kappa shape index (κ1) is 13.8. The Labute approximate surface area is 117 Å². The second kappa shape index (κ2) is 6.02. The first-order valence-corrected chi connectivity index (χ1v) is 6.30. The molecule has 4 nitrogen and oxygen atoms in total. The minimum Gasteiger partial charge on any atom is -0.366 e. The maximum absolute atomic E-state index is 12.0. The third-order valence-corrected chi connectivity index (χ3v) is 2.97. The first-order valence-electron chi connectivity index (χ1n) is 6.30. The fourth-order valence-electron chi connectivity index (χ4n) is 1.86. The quantitative estimate of drug-likeness (QED) is 0.890. The number of carbonyl (C=O) groups excluding carboxylic acids is 2. The Hall–Kier alpha value is -2.62. The van der Waals surface area contributed by atoms with Crippen molar-refractivity contribution in [1.29, 1.82) is 0 Å². The predicted octanol–water partition coefficient (Wildman–Crippen LogP) is 2.02. The molecule has 0 saturated carbocycles. The number of rotatable bonds is 4. The van der Waals surface area contributed by atoms with Gasteiger partial charge in [-0.05, 0) is 36.8 Å². The Morgan fingerprint density at radius 3 is 2.35 bits per heavy atom. The third-order valence-electron chi connectivity index (χ3n) is 2.97. The van der Waals surface area contributed by atoms with E-state index in [1.807, 2.05) is 25.1 Å². The fraction of sp³-hybridized carbons (Fsp3) is 0.125. The van der Waals surface area contributed by atoms with Crippen LogP contribution in [0.1, 0.15) is 31.8 Å². The van der Waals surface area contributed by atoms with Gasteiger partial charge < -0.3 is 11.1 Å². The molecule has 0 bridgehead atoms. The van der Waals surface area contributed by atoms with Crippen molar-refractivity contribution < 1.29 is 9.59 Å². The van der Waals surface area contributed by atoms with Gasteiger partial charge in [0.15, 0.2) is 0 Å². The summed E-state index contributed by atoms with van der Waals surface area (Å²) in [7, 11) is 0. The van der Waals surface area contributed by atoms with Crippen molar-refractivity contribution in [3.8, 4) is 0 Å². The number of amides is 2. The Morgan fingerprint density at radius 1 is 1.05 bits per heavy atom. The summed E-state index contributed by atoms with van der Waals surface area (Å²) in [5, 5.41) is 2.84. The summed E-state index contributed by atoms with van der Waals surface area (Å²) in [6, 6.07) is 14.3. The van der Waals surface area contributed by atoms with Gasteiger partial charge >= 0.3 is 0 Å². The molecule has 0 unspecified atom stereocenters. The van der Waals surface area contributed by atoms with Crippen LogP contribution in [0.25, 0.3) is 0 Å². The van der Waals surface area contributed by atoms with Crippen LogP contribution in [-0.2, 0) is 6.54 Å². The number of carbonyl (C=O) groups is 2. The van der Waals surface area contributed by atoms with Crippen LogP contribution in [0.15, 0.2) is 48.5 Å². The largest absolute Gasteiger partial charge is 0.366 e. The summed E-state index contributed by atoms with van der Waals surface area (Å²) in [5.74, 6) is -0.576. The minimum absolute atomic E-state index is 0.118. The number of benzene rings is 2. The first-order chi connectivity index (χ1) is 9.56. The van der Waals surface area contributed by atoms with Crippen LogP contribution in [0, 0.1) is 6.92 Å². The molecule has 0 radical (unpaired) electrons. The molecule has 2 amide bonds. The number of nitrogens with one attached hydrogen (secondary N) is 1.